The van der Waals surface area contributed by atoms with E-state index in [-0.39, 0.29) is 72.5 Å². The van der Waals surface area contributed by atoms with Crippen molar-refractivity contribution in [2.45, 2.75) is 47.5 Å². The van der Waals surface area contributed by atoms with E-state index in [9.17, 15) is 84.6 Å². The summed E-state index contributed by atoms with van der Waals surface area (Å²) in [5.74, 6) is -11.3. The van der Waals surface area contributed by atoms with E-state index in [0.29, 0.717) is 77.8 Å². The summed E-state index contributed by atoms with van der Waals surface area (Å²) in [6, 6.07) is 108. The van der Waals surface area contributed by atoms with Crippen molar-refractivity contribution in [3.63, 3.8) is 0 Å². The van der Waals surface area contributed by atoms with Gasteiger partial charge in [-0.25, -0.2) is 84.0 Å². The molecule has 0 bridgehead atoms. The Morgan fingerprint density at radius 3 is 0.849 bits per heavy atom. The van der Waals surface area contributed by atoms with Gasteiger partial charge in [-0.05, 0) is 186 Å². The van der Waals surface area contributed by atoms with E-state index in [2.05, 4.69) is 97.7 Å². The molecule has 16 aromatic carbocycles. The molecular formula is C123H85F8N5O10. The zero-order valence-corrected chi connectivity index (χ0v) is 78.8. The molecule has 0 radical (unpaired) electrons. The third-order valence-corrected chi connectivity index (χ3v) is 24.9. The van der Waals surface area contributed by atoms with Gasteiger partial charge in [0.15, 0.2) is 0 Å². The summed E-state index contributed by atoms with van der Waals surface area (Å²) in [6.07, 6.45) is 0. The summed E-state index contributed by atoms with van der Waals surface area (Å²) < 4.78 is 111. The highest BCUT2D eigenvalue weighted by Crippen LogP contribution is 2.40. The molecule has 0 unspecified atom stereocenters. The molecule has 0 amide bonds. The van der Waals surface area contributed by atoms with E-state index in [4.69, 9.17) is 0 Å². The molecule has 0 spiro atoms. The normalized spacial score (nSPS) is 11.1. The number of fused-ring (bicyclic) bond motifs is 5. The van der Waals surface area contributed by atoms with Crippen LogP contribution in [0.25, 0.3) is 178 Å². The van der Waals surface area contributed by atoms with Crippen molar-refractivity contribution in [3.8, 4) is 123 Å². The van der Waals surface area contributed by atoms with Gasteiger partial charge in [0.05, 0.1) is 61.8 Å². The number of hydrogen-bond acceptors (Lipinski definition) is 10. The Labute approximate surface area is 831 Å². The van der Waals surface area contributed by atoms with Crippen LogP contribution in [0.3, 0.4) is 0 Å². The number of rotatable bonds is 17. The number of nitrogens with zero attached hydrogens (tertiary/aromatic N) is 5. The van der Waals surface area contributed by atoms with E-state index >= 15 is 0 Å². The lowest BCUT2D eigenvalue weighted by atomic mass is 9.96. The first-order chi connectivity index (χ1) is 70.1. The Bertz CT molecular complexity index is 8430. The van der Waals surface area contributed by atoms with E-state index in [0.717, 1.165) is 90.4 Å². The maximum absolute atomic E-state index is 14.3. The van der Waals surface area contributed by atoms with E-state index < -0.39 is 59.0 Å². The molecule has 15 nitrogen and oxygen atoms in total. The van der Waals surface area contributed by atoms with Gasteiger partial charge in [-0.3, -0.25) is 0 Å². The highest BCUT2D eigenvalue weighted by atomic mass is 19.3. The van der Waals surface area contributed by atoms with Gasteiger partial charge in [0.25, 0.3) is 5.92 Å². The number of aromatic carboxylic acids is 5. The van der Waals surface area contributed by atoms with Gasteiger partial charge >= 0.3 is 29.8 Å². The quantitative estimate of drug-likeness (QED) is 0.0532. The van der Waals surface area contributed by atoms with E-state index in [1.54, 1.807) is 91.9 Å². The second-order valence-electron chi connectivity index (χ2n) is 34.9. The van der Waals surface area contributed by atoms with Crippen molar-refractivity contribution in [2.75, 3.05) is 0 Å². The number of hydrogen-bond donors (Lipinski definition) is 5. The fourth-order valence-electron chi connectivity index (χ4n) is 17.1. The average Bonchev–Trinajstić information content (AvgIpc) is 0.760. The molecule has 5 heterocycles. The van der Waals surface area contributed by atoms with E-state index in [1.165, 1.54) is 126 Å². The first kappa shape index (κ1) is 98.9. The number of pyridine rings is 5. The van der Waals surface area contributed by atoms with Crippen LogP contribution < -0.4 is 0 Å². The minimum atomic E-state index is -2.90. The molecule has 5 N–H and O–H groups in total. The van der Waals surface area contributed by atoms with Crippen LogP contribution in [0.15, 0.2) is 376 Å². The van der Waals surface area contributed by atoms with Crippen molar-refractivity contribution in [1.29, 1.82) is 0 Å². The largest absolute Gasteiger partial charge is 0.478 e. The molecule has 0 saturated heterocycles. The molecule has 0 saturated carbocycles. The van der Waals surface area contributed by atoms with Crippen LogP contribution in [-0.2, 0) is 5.92 Å². The highest BCUT2D eigenvalue weighted by molar-refractivity contribution is 6.09. The Balaban J connectivity index is 0.000000125. The standard InChI is InChI=1S/C30H20F3NO2.C24H18FNO2.C23H15F2NO2.2C23H16FNO2/c1-30(32,33)23-11-6-19(7-12-23)18-2-4-21(5-3-18)28-17-26(29(35)36)25-16-22(10-15-27(25)34-28)20-8-13-24(31)14-9-20;1-14-6-8-16(9-7-14)17-10-12-18(13-11-17)22-15(2)21(24(27)28)19-4-3-5-20(25)23(19)26-22;1-13-5-10-16(20(25)11-13)14-6-8-15(9-7-14)21-12-18(23(27)28)17-3-2-4-19(24)22(17)26-21;2*1-14-5-7-15(8-6-14)16-9-11-17(12-10-16)21-13-19(23(26)27)18-3-2-4-20(24)22(18)25-21/h2-17H,1H3,(H,35,36);3-13H,1-2H3,(H,27,28);2-12H,1H3,(H,27,28);2*2-13H,1H3,(H,26,27). The number of benzene rings is 16. The first-order valence-electron chi connectivity index (χ1n) is 45.9. The minimum absolute atomic E-state index is 0.00561. The topological polar surface area (TPSA) is 251 Å². The van der Waals surface area contributed by atoms with Crippen LogP contribution in [0.1, 0.15) is 92.1 Å². The van der Waals surface area contributed by atoms with Crippen molar-refractivity contribution in [1.82, 2.24) is 24.9 Å². The molecule has 0 fully saturated rings. The third-order valence-electron chi connectivity index (χ3n) is 24.9. The monoisotopic (exact) mass is 1940 g/mol. The number of aryl methyl sites for hydroxylation is 4. The lowest BCUT2D eigenvalue weighted by Crippen LogP contribution is -2.06. The number of aromatic nitrogens is 5. The first-order valence-corrected chi connectivity index (χ1v) is 45.9. The molecule has 0 aliphatic carbocycles. The Hall–Kier alpha value is -18.6. The highest BCUT2D eigenvalue weighted by Gasteiger charge is 2.27. The lowest BCUT2D eigenvalue weighted by Gasteiger charge is -2.13. The molecule has 0 atom stereocenters. The Morgan fingerprint density at radius 1 is 0.240 bits per heavy atom. The van der Waals surface area contributed by atoms with Crippen molar-refractivity contribution in [3.05, 3.63) is 472 Å². The predicted molar refractivity (Wildman–Crippen MR) is 556 cm³/mol. The molecule has 718 valence electrons. The number of carboxylic acid groups (broad SMARTS) is 5. The van der Waals surface area contributed by atoms with Crippen LogP contribution >= 0.6 is 0 Å². The fraction of sp³-hybridized carbons (Fsp3) is 0.0569. The van der Waals surface area contributed by atoms with Gasteiger partial charge in [-0.15, -0.1) is 0 Å². The Morgan fingerprint density at radius 2 is 0.514 bits per heavy atom. The van der Waals surface area contributed by atoms with Crippen molar-refractivity contribution >= 4 is 84.4 Å². The minimum Gasteiger partial charge on any atom is -0.478 e. The molecule has 0 aliphatic heterocycles. The summed E-state index contributed by atoms with van der Waals surface area (Å²) in [4.78, 5) is 81.0. The van der Waals surface area contributed by atoms with Gasteiger partial charge in [0.1, 0.15) is 57.0 Å². The average molecular weight is 1950 g/mol. The summed E-state index contributed by atoms with van der Waals surface area (Å²) >= 11 is 0. The van der Waals surface area contributed by atoms with Gasteiger partial charge in [-0.1, -0.05) is 314 Å². The van der Waals surface area contributed by atoms with Gasteiger partial charge in [-0.2, -0.15) is 0 Å². The SMILES string of the molecule is CC(F)(F)c1ccc(-c2ccc(-c3cc(C(=O)O)c4cc(-c5ccc(F)cc5)ccc4n3)cc2)cc1.Cc1ccc(-c2ccc(-c3cc(C(=O)O)c4cccc(F)c4n3)cc2)c(F)c1.Cc1ccc(-c2ccc(-c3cc(C(=O)O)c4cccc(F)c4n3)cc2)cc1.Cc1ccc(-c2ccc(-c3cc(C(=O)O)c4cccc(F)c4n3)cc2)cc1.Cc1ccc(-c2ccc(-c3nc4c(F)cccc4c(C(=O)O)c3C)cc2)cc1. The number of carboxylic acids is 5. The summed E-state index contributed by atoms with van der Waals surface area (Å²) in [5, 5.41) is 49.7. The summed E-state index contributed by atoms with van der Waals surface area (Å²) in [5.41, 5.74) is 22.4. The van der Waals surface area contributed by atoms with Gasteiger partial charge in [0, 0.05) is 72.8 Å². The fourth-order valence-corrected chi connectivity index (χ4v) is 17.1. The second-order valence-corrected chi connectivity index (χ2v) is 34.9. The van der Waals surface area contributed by atoms with Crippen molar-refractivity contribution < 1.29 is 84.6 Å². The molecular weight excluding hydrogens is 1860 g/mol. The number of para-hydroxylation sites is 4. The maximum atomic E-state index is 14.3. The molecule has 0 aliphatic rings. The molecule has 21 aromatic rings. The van der Waals surface area contributed by atoms with E-state index in [1.807, 2.05) is 137 Å². The van der Waals surface area contributed by atoms with Crippen LogP contribution in [0.5, 0.6) is 0 Å². The number of alkyl halides is 2. The lowest BCUT2D eigenvalue weighted by molar-refractivity contribution is 0.0174. The zero-order chi connectivity index (χ0) is 103. The van der Waals surface area contributed by atoms with Gasteiger partial charge < -0.3 is 25.5 Å². The zero-order valence-electron chi connectivity index (χ0n) is 78.8. The van der Waals surface area contributed by atoms with Crippen LogP contribution in [0.4, 0.5) is 35.1 Å². The van der Waals surface area contributed by atoms with Crippen LogP contribution in [0, 0.1) is 69.5 Å². The van der Waals surface area contributed by atoms with Crippen molar-refractivity contribution in [2.24, 2.45) is 0 Å². The summed E-state index contributed by atoms with van der Waals surface area (Å²) in [7, 11) is 0. The second kappa shape index (κ2) is 42.4. The number of halogens is 8. The summed E-state index contributed by atoms with van der Waals surface area (Å²) in [6.45, 7) is 10.5. The third kappa shape index (κ3) is 21.9. The maximum Gasteiger partial charge on any atom is 0.336 e. The molecule has 21 rings (SSSR count). The molecule has 23 heteroatoms. The Kier molecular flexibility index (Phi) is 28.7. The van der Waals surface area contributed by atoms with Gasteiger partial charge in [0.2, 0.25) is 0 Å². The number of carbonyl (C=O) groups is 5. The molecule has 146 heavy (non-hydrogen) atoms. The molecule has 5 aromatic heterocycles. The predicted octanol–water partition coefficient (Wildman–Crippen LogP) is 31.5. The van der Waals surface area contributed by atoms with Crippen LogP contribution in [-0.4, -0.2) is 80.3 Å². The smallest absolute Gasteiger partial charge is 0.336 e. The van der Waals surface area contributed by atoms with Crippen LogP contribution in [0.2, 0.25) is 0 Å².